The number of benzene rings is 3. The van der Waals surface area contributed by atoms with Crippen molar-refractivity contribution in [1.82, 2.24) is 4.90 Å². The zero-order valence-electron chi connectivity index (χ0n) is 18.8. The van der Waals surface area contributed by atoms with Gasteiger partial charge in [-0.2, -0.15) is 0 Å². The smallest absolute Gasteiger partial charge is 0.261 e. The van der Waals surface area contributed by atoms with Crippen molar-refractivity contribution in [2.45, 2.75) is 27.1 Å². The van der Waals surface area contributed by atoms with E-state index in [1.54, 1.807) is 24.1 Å². The molecule has 0 heterocycles. The lowest BCUT2D eigenvalue weighted by Gasteiger charge is -2.20. The average molecular weight is 428 g/mol. The van der Waals surface area contributed by atoms with E-state index in [1.165, 1.54) is 0 Å². The third kappa shape index (κ3) is 6.35. The molecule has 3 aromatic carbocycles. The summed E-state index contributed by atoms with van der Waals surface area (Å²) in [5.41, 5.74) is 3.43. The van der Waals surface area contributed by atoms with Gasteiger partial charge >= 0.3 is 0 Å². The van der Waals surface area contributed by atoms with E-state index < -0.39 is 0 Å². The monoisotopic (exact) mass is 427 g/mol. The van der Waals surface area contributed by atoms with Crippen LogP contribution >= 0.6 is 0 Å². The molecule has 0 saturated heterocycles. The van der Waals surface area contributed by atoms with Crippen LogP contribution in [0.4, 0.5) is 0 Å². The fraction of sp³-hybridized carbons (Fsp3) is 0.179. The molecule has 0 aliphatic carbocycles. The highest BCUT2D eigenvalue weighted by Gasteiger charge is 2.19. The Morgan fingerprint density at radius 1 is 0.875 bits per heavy atom. The molecule has 164 valence electrons. The summed E-state index contributed by atoms with van der Waals surface area (Å²) in [6.07, 6.45) is 5.74. The number of amides is 1. The Balaban J connectivity index is 1.84. The van der Waals surface area contributed by atoms with Crippen molar-refractivity contribution in [3.63, 3.8) is 0 Å². The van der Waals surface area contributed by atoms with Crippen molar-refractivity contribution in [3.05, 3.63) is 119 Å². The normalized spacial score (nSPS) is 11.4. The summed E-state index contributed by atoms with van der Waals surface area (Å²) in [6.45, 7) is 4.65. The van der Waals surface area contributed by atoms with E-state index in [0.29, 0.717) is 30.3 Å². The zero-order valence-corrected chi connectivity index (χ0v) is 18.8. The molecule has 0 aliphatic heterocycles. The molecular formula is C28H29NO3. The van der Waals surface area contributed by atoms with Crippen LogP contribution in [0.5, 0.6) is 11.5 Å². The summed E-state index contributed by atoms with van der Waals surface area (Å²) in [6, 6.07) is 25.2. The first-order valence-electron chi connectivity index (χ1n) is 10.6. The molecule has 0 atom stereocenters. The number of rotatable bonds is 9. The molecule has 0 fully saturated rings. The maximum Gasteiger partial charge on any atom is 0.261 e. The molecule has 0 radical (unpaired) electrons. The van der Waals surface area contributed by atoms with Crippen molar-refractivity contribution in [1.29, 1.82) is 0 Å². The van der Waals surface area contributed by atoms with Crippen LogP contribution in [-0.2, 0) is 13.2 Å². The van der Waals surface area contributed by atoms with E-state index in [1.807, 2.05) is 98.8 Å². The van der Waals surface area contributed by atoms with Gasteiger partial charge in [-0.15, -0.1) is 0 Å². The first-order chi connectivity index (χ1) is 15.6. The summed E-state index contributed by atoms with van der Waals surface area (Å²) < 4.78 is 12.0. The van der Waals surface area contributed by atoms with Gasteiger partial charge in [-0.05, 0) is 43.2 Å². The van der Waals surface area contributed by atoms with Crippen LogP contribution in [0.1, 0.15) is 35.3 Å². The number of hydrogen-bond donors (Lipinski definition) is 0. The molecule has 32 heavy (non-hydrogen) atoms. The van der Waals surface area contributed by atoms with E-state index >= 15 is 0 Å². The Bertz CT molecular complexity index is 1070. The van der Waals surface area contributed by atoms with Gasteiger partial charge < -0.3 is 14.4 Å². The summed E-state index contributed by atoms with van der Waals surface area (Å²) in [7, 11) is 1.76. The molecule has 4 nitrogen and oxygen atoms in total. The Kier molecular flexibility index (Phi) is 8.27. The molecule has 1 amide bonds. The molecule has 4 heteroatoms. The Morgan fingerprint density at radius 2 is 1.47 bits per heavy atom. The zero-order chi connectivity index (χ0) is 22.8. The highest BCUT2D eigenvalue weighted by molar-refractivity contribution is 5.98. The molecule has 0 bridgehead atoms. The molecule has 0 unspecified atom stereocenters. The predicted molar refractivity (Wildman–Crippen MR) is 129 cm³/mol. The first kappa shape index (κ1) is 22.9. The van der Waals surface area contributed by atoms with Crippen molar-refractivity contribution in [3.8, 4) is 11.5 Å². The largest absolute Gasteiger partial charge is 0.489 e. The Morgan fingerprint density at radius 3 is 2.06 bits per heavy atom. The maximum atomic E-state index is 13.2. The second-order valence-corrected chi connectivity index (χ2v) is 7.40. The van der Waals surface area contributed by atoms with Gasteiger partial charge in [-0.1, -0.05) is 72.8 Å². The Hall–Kier alpha value is -3.79. The lowest BCUT2D eigenvalue weighted by atomic mass is 10.1. The lowest BCUT2D eigenvalue weighted by molar-refractivity contribution is 0.0831. The van der Waals surface area contributed by atoms with Crippen molar-refractivity contribution in [2.75, 3.05) is 7.05 Å². The SMILES string of the molecule is CC=CC=C(C)N(C)C(=O)c1ccc(OCc2ccccc2)cc1OCc1ccccc1. The predicted octanol–water partition coefficient (Wildman–Crippen LogP) is 6.40. The first-order valence-corrected chi connectivity index (χ1v) is 10.6. The van der Waals surface area contributed by atoms with Crippen LogP contribution < -0.4 is 9.47 Å². The molecule has 0 spiro atoms. The fourth-order valence-corrected chi connectivity index (χ4v) is 3.05. The summed E-state index contributed by atoms with van der Waals surface area (Å²) in [5.74, 6) is 1.01. The molecule has 3 rings (SSSR count). The van der Waals surface area contributed by atoms with E-state index in [9.17, 15) is 4.79 Å². The van der Waals surface area contributed by atoms with Gasteiger partial charge in [0.1, 0.15) is 24.7 Å². The number of carbonyl (C=O) groups excluding carboxylic acids is 1. The van der Waals surface area contributed by atoms with E-state index in [0.717, 1.165) is 16.8 Å². The van der Waals surface area contributed by atoms with Gasteiger partial charge in [0.15, 0.2) is 0 Å². The van der Waals surface area contributed by atoms with Crippen LogP contribution in [0.2, 0.25) is 0 Å². The lowest BCUT2D eigenvalue weighted by Crippen LogP contribution is -2.25. The minimum atomic E-state index is -0.138. The molecular weight excluding hydrogens is 398 g/mol. The number of allylic oxidation sites excluding steroid dienone is 4. The Labute approximate surface area is 190 Å². The van der Waals surface area contributed by atoms with Crippen LogP contribution in [0, 0.1) is 0 Å². The molecule has 0 saturated carbocycles. The van der Waals surface area contributed by atoms with E-state index in [4.69, 9.17) is 9.47 Å². The fourth-order valence-electron chi connectivity index (χ4n) is 3.05. The van der Waals surface area contributed by atoms with Crippen molar-refractivity contribution >= 4 is 5.91 Å². The number of hydrogen-bond acceptors (Lipinski definition) is 3. The number of carbonyl (C=O) groups is 1. The standard InChI is InChI=1S/C28H29NO3/c1-4-5-12-22(2)29(3)28(30)26-18-17-25(31-20-23-13-8-6-9-14-23)19-27(26)32-21-24-15-10-7-11-16-24/h4-19H,20-21H2,1-3H3. The van der Waals surface area contributed by atoms with Gasteiger partial charge in [0, 0.05) is 18.8 Å². The third-order valence-electron chi connectivity index (χ3n) is 5.03. The van der Waals surface area contributed by atoms with Gasteiger partial charge in [0.2, 0.25) is 0 Å². The van der Waals surface area contributed by atoms with Gasteiger partial charge in [0.25, 0.3) is 5.91 Å². The molecule has 0 N–H and O–H groups in total. The van der Waals surface area contributed by atoms with Crippen LogP contribution in [0.3, 0.4) is 0 Å². The second-order valence-electron chi connectivity index (χ2n) is 7.40. The van der Waals surface area contributed by atoms with E-state index in [-0.39, 0.29) is 5.91 Å². The van der Waals surface area contributed by atoms with Gasteiger partial charge in [0.05, 0.1) is 5.56 Å². The van der Waals surface area contributed by atoms with Crippen LogP contribution in [-0.4, -0.2) is 17.9 Å². The summed E-state index contributed by atoms with van der Waals surface area (Å²) in [5, 5.41) is 0. The second kappa shape index (κ2) is 11.6. The summed E-state index contributed by atoms with van der Waals surface area (Å²) in [4.78, 5) is 14.8. The minimum absolute atomic E-state index is 0.138. The van der Waals surface area contributed by atoms with Crippen molar-refractivity contribution in [2.24, 2.45) is 0 Å². The third-order valence-corrected chi connectivity index (χ3v) is 5.03. The van der Waals surface area contributed by atoms with E-state index in [2.05, 4.69) is 0 Å². The summed E-state index contributed by atoms with van der Waals surface area (Å²) >= 11 is 0. The van der Waals surface area contributed by atoms with Gasteiger partial charge in [-0.3, -0.25) is 4.79 Å². The van der Waals surface area contributed by atoms with Crippen LogP contribution in [0.25, 0.3) is 0 Å². The quantitative estimate of drug-likeness (QED) is 0.371. The molecule has 0 aromatic heterocycles. The average Bonchev–Trinajstić information content (AvgIpc) is 2.85. The topological polar surface area (TPSA) is 38.8 Å². The maximum absolute atomic E-state index is 13.2. The van der Waals surface area contributed by atoms with Crippen molar-refractivity contribution < 1.29 is 14.3 Å². The number of ether oxygens (including phenoxy) is 2. The van der Waals surface area contributed by atoms with Crippen LogP contribution in [0.15, 0.2) is 103 Å². The van der Waals surface area contributed by atoms with Gasteiger partial charge in [-0.25, -0.2) is 0 Å². The highest BCUT2D eigenvalue weighted by Crippen LogP contribution is 2.28. The minimum Gasteiger partial charge on any atom is -0.489 e. The molecule has 0 aliphatic rings. The number of nitrogens with zero attached hydrogens (tertiary/aromatic N) is 1. The molecule has 3 aromatic rings. The highest BCUT2D eigenvalue weighted by atomic mass is 16.5.